The number of aliphatic hydroxyl groups is 1. The van der Waals surface area contributed by atoms with Crippen LogP contribution in [0.4, 0.5) is 0 Å². The summed E-state index contributed by atoms with van der Waals surface area (Å²) in [6.45, 7) is 2.08. The van der Waals surface area contributed by atoms with Crippen LogP contribution in [-0.2, 0) is 4.79 Å². The third kappa shape index (κ3) is 16.4. The zero-order valence-electron chi connectivity index (χ0n) is 13.3. The number of rotatable bonds is 13. The van der Waals surface area contributed by atoms with Crippen LogP contribution in [-0.4, -0.2) is 16.2 Å². The molecular weight excluding hydrogens is 264 g/mol. The van der Waals surface area contributed by atoms with Crippen LogP contribution in [0.15, 0.2) is 36.1 Å². The van der Waals surface area contributed by atoms with Crippen molar-refractivity contribution in [1.82, 2.24) is 0 Å². The van der Waals surface area contributed by atoms with Gasteiger partial charge in [-0.05, 0) is 38.2 Å². The van der Waals surface area contributed by atoms with E-state index in [0.717, 1.165) is 51.4 Å². The molecule has 0 aliphatic carbocycles. The molecule has 3 nitrogen and oxygen atoms in total. The highest BCUT2D eigenvalue weighted by molar-refractivity contribution is 5.66. The van der Waals surface area contributed by atoms with Gasteiger partial charge in [0.15, 0.2) is 0 Å². The van der Waals surface area contributed by atoms with Gasteiger partial charge in [-0.25, -0.2) is 0 Å². The van der Waals surface area contributed by atoms with Gasteiger partial charge in [-0.15, -0.1) is 0 Å². The van der Waals surface area contributed by atoms with Gasteiger partial charge in [0.25, 0.3) is 0 Å². The molecule has 0 saturated carbocycles. The van der Waals surface area contributed by atoms with Crippen molar-refractivity contribution in [3.8, 4) is 0 Å². The summed E-state index contributed by atoms with van der Waals surface area (Å²) >= 11 is 0. The molecule has 0 heterocycles. The van der Waals surface area contributed by atoms with Crippen LogP contribution in [0.1, 0.15) is 71.1 Å². The van der Waals surface area contributed by atoms with Gasteiger partial charge in [-0.3, -0.25) is 4.79 Å². The lowest BCUT2D eigenvalue weighted by molar-refractivity contribution is -0.137. The molecule has 0 aliphatic heterocycles. The average molecular weight is 294 g/mol. The minimum Gasteiger partial charge on any atom is -0.512 e. The van der Waals surface area contributed by atoms with Crippen LogP contribution in [0.2, 0.25) is 0 Å². The molecule has 0 rings (SSSR count). The Kier molecular flexibility index (Phi) is 13.8. The van der Waals surface area contributed by atoms with E-state index in [9.17, 15) is 9.90 Å². The highest BCUT2D eigenvalue weighted by Crippen LogP contribution is 2.08. The maximum atomic E-state index is 10.3. The molecule has 0 spiro atoms. The zero-order valence-corrected chi connectivity index (χ0v) is 13.3. The fraction of sp³-hybridized carbons (Fsp3) is 0.611. The Bertz CT molecular complexity index is 340. The molecule has 120 valence electrons. The van der Waals surface area contributed by atoms with Crippen molar-refractivity contribution in [3.05, 3.63) is 36.1 Å². The van der Waals surface area contributed by atoms with Gasteiger partial charge in [0.2, 0.25) is 0 Å². The predicted molar refractivity (Wildman–Crippen MR) is 88.5 cm³/mol. The van der Waals surface area contributed by atoms with E-state index in [-0.39, 0.29) is 0 Å². The van der Waals surface area contributed by atoms with Crippen LogP contribution in [0, 0.1) is 0 Å². The van der Waals surface area contributed by atoms with Crippen LogP contribution in [0.3, 0.4) is 0 Å². The summed E-state index contributed by atoms with van der Waals surface area (Å²) in [5.74, 6) is -0.262. The van der Waals surface area contributed by atoms with Crippen molar-refractivity contribution in [2.75, 3.05) is 0 Å². The summed E-state index contributed by atoms with van der Waals surface area (Å²) in [6, 6.07) is 0. The van der Waals surface area contributed by atoms with E-state index in [4.69, 9.17) is 5.11 Å². The normalized spacial score (nSPS) is 12.5. The lowest BCUT2D eigenvalue weighted by Crippen LogP contribution is -1.93. The molecule has 0 amide bonds. The molecule has 0 unspecified atom stereocenters. The third-order valence-corrected chi connectivity index (χ3v) is 3.15. The van der Waals surface area contributed by atoms with Crippen molar-refractivity contribution in [1.29, 1.82) is 0 Å². The first kappa shape index (κ1) is 19.5. The van der Waals surface area contributed by atoms with E-state index in [1.807, 2.05) is 12.2 Å². The van der Waals surface area contributed by atoms with Crippen LogP contribution in [0.25, 0.3) is 0 Å². The second-order valence-electron chi connectivity index (χ2n) is 5.19. The molecular formula is C18H30O3. The number of carboxylic acid groups (broad SMARTS) is 1. The largest absolute Gasteiger partial charge is 0.512 e. The quantitative estimate of drug-likeness (QED) is 0.266. The Morgan fingerprint density at radius 3 is 2.33 bits per heavy atom. The fourth-order valence-electron chi connectivity index (χ4n) is 1.94. The maximum absolute atomic E-state index is 10.3. The van der Waals surface area contributed by atoms with Crippen molar-refractivity contribution >= 4 is 5.97 Å². The maximum Gasteiger partial charge on any atom is 0.303 e. The van der Waals surface area contributed by atoms with Gasteiger partial charge >= 0.3 is 5.97 Å². The SMILES string of the molecule is CC/C=C\C/C(O)=C/C/C=C\CCCCCCCC(=O)O. The highest BCUT2D eigenvalue weighted by Gasteiger charge is 1.95. The fourth-order valence-corrected chi connectivity index (χ4v) is 1.94. The molecule has 0 fully saturated rings. The molecule has 21 heavy (non-hydrogen) atoms. The van der Waals surface area contributed by atoms with Crippen molar-refractivity contribution in [2.45, 2.75) is 71.1 Å². The standard InChI is InChI=1S/C18H30O3/c1-2-3-11-14-17(19)15-12-9-7-5-4-6-8-10-13-16-18(20)21/h3,7,9,11,15,19H,2,4-6,8,10,12-14,16H2,1H3,(H,20,21)/b9-7-,11-3-,17-15-. The van der Waals surface area contributed by atoms with Crippen LogP contribution >= 0.6 is 0 Å². The molecule has 0 aromatic heterocycles. The molecule has 0 radical (unpaired) electrons. The summed E-state index contributed by atoms with van der Waals surface area (Å²) in [5.41, 5.74) is 0. The minimum atomic E-state index is -0.695. The van der Waals surface area contributed by atoms with Crippen molar-refractivity contribution in [2.24, 2.45) is 0 Å². The van der Waals surface area contributed by atoms with E-state index < -0.39 is 5.97 Å². The van der Waals surface area contributed by atoms with E-state index in [0.29, 0.717) is 18.6 Å². The number of unbranched alkanes of at least 4 members (excludes halogenated alkanes) is 5. The van der Waals surface area contributed by atoms with Gasteiger partial charge in [-0.1, -0.05) is 50.5 Å². The second kappa shape index (κ2) is 14.9. The first-order chi connectivity index (χ1) is 10.2. The summed E-state index contributed by atoms with van der Waals surface area (Å²) in [6.07, 6.45) is 19.1. The number of allylic oxidation sites excluding steroid dienone is 5. The molecule has 0 saturated heterocycles. The highest BCUT2D eigenvalue weighted by atomic mass is 16.4. The molecule has 0 aliphatic rings. The topological polar surface area (TPSA) is 57.5 Å². The Morgan fingerprint density at radius 2 is 1.62 bits per heavy atom. The van der Waals surface area contributed by atoms with Crippen LogP contribution < -0.4 is 0 Å². The number of hydrogen-bond acceptors (Lipinski definition) is 2. The van der Waals surface area contributed by atoms with E-state index in [1.54, 1.807) is 0 Å². The third-order valence-electron chi connectivity index (χ3n) is 3.15. The van der Waals surface area contributed by atoms with Gasteiger partial charge in [-0.2, -0.15) is 0 Å². The molecule has 0 bridgehead atoms. The van der Waals surface area contributed by atoms with Gasteiger partial charge in [0.1, 0.15) is 0 Å². The summed E-state index contributed by atoms with van der Waals surface area (Å²) < 4.78 is 0. The Balaban J connectivity index is 3.42. The summed E-state index contributed by atoms with van der Waals surface area (Å²) in [4.78, 5) is 10.3. The number of carboxylic acids is 1. The number of aliphatic carboxylic acids is 1. The van der Waals surface area contributed by atoms with Crippen LogP contribution in [0.5, 0.6) is 0 Å². The Morgan fingerprint density at radius 1 is 0.905 bits per heavy atom. The summed E-state index contributed by atoms with van der Waals surface area (Å²) in [5, 5.41) is 18.1. The molecule has 0 aromatic carbocycles. The predicted octanol–water partition coefficient (Wildman–Crippen LogP) is 5.55. The van der Waals surface area contributed by atoms with Crippen molar-refractivity contribution in [3.63, 3.8) is 0 Å². The van der Waals surface area contributed by atoms with E-state index in [1.165, 1.54) is 0 Å². The lowest BCUT2D eigenvalue weighted by Gasteiger charge is -1.98. The Labute approximate surface area is 129 Å². The van der Waals surface area contributed by atoms with E-state index in [2.05, 4.69) is 25.2 Å². The molecule has 3 heteroatoms. The molecule has 2 N–H and O–H groups in total. The van der Waals surface area contributed by atoms with Gasteiger partial charge in [0, 0.05) is 12.8 Å². The first-order valence-electron chi connectivity index (χ1n) is 8.06. The minimum absolute atomic E-state index is 0.295. The van der Waals surface area contributed by atoms with E-state index >= 15 is 0 Å². The summed E-state index contributed by atoms with van der Waals surface area (Å²) in [7, 11) is 0. The number of aliphatic hydroxyl groups excluding tert-OH is 1. The molecule has 0 aromatic rings. The smallest absolute Gasteiger partial charge is 0.303 e. The van der Waals surface area contributed by atoms with Gasteiger partial charge < -0.3 is 10.2 Å². The average Bonchev–Trinajstić information content (AvgIpc) is 2.44. The number of hydrogen-bond donors (Lipinski definition) is 2. The van der Waals surface area contributed by atoms with Crippen molar-refractivity contribution < 1.29 is 15.0 Å². The lowest BCUT2D eigenvalue weighted by atomic mass is 10.1. The first-order valence-corrected chi connectivity index (χ1v) is 8.06. The zero-order chi connectivity index (χ0) is 15.8. The molecule has 0 atom stereocenters. The Hall–Kier alpha value is -1.51. The second-order valence-corrected chi connectivity index (χ2v) is 5.19. The monoisotopic (exact) mass is 294 g/mol. The number of carbonyl (C=O) groups is 1. The van der Waals surface area contributed by atoms with Gasteiger partial charge in [0.05, 0.1) is 5.76 Å².